The first-order chi connectivity index (χ1) is 25.0. The summed E-state index contributed by atoms with van der Waals surface area (Å²) in [5, 5.41) is 3.77. The topological polar surface area (TPSA) is 61.8 Å². The van der Waals surface area contributed by atoms with Crippen LogP contribution in [-0.2, 0) is 15.6 Å². The molecule has 0 spiro atoms. The summed E-state index contributed by atoms with van der Waals surface area (Å²) in [6.45, 7) is 10.1. The minimum absolute atomic E-state index is 0.428. The van der Waals surface area contributed by atoms with Gasteiger partial charge in [-0.2, -0.15) is 0 Å². The molecule has 0 amide bonds. The summed E-state index contributed by atoms with van der Waals surface area (Å²) in [5.41, 5.74) is 6.31. The van der Waals surface area contributed by atoms with Crippen molar-refractivity contribution in [2.45, 2.75) is 41.0 Å². The minimum Gasteiger partial charge on any atom is -0.497 e. The maximum Gasteiger partial charge on any atom is 0.171 e. The molecular weight excluding hydrogens is 682 g/mol. The summed E-state index contributed by atoms with van der Waals surface area (Å²) < 4.78 is 51.3. The lowest BCUT2D eigenvalue weighted by atomic mass is 10.00. The van der Waals surface area contributed by atoms with E-state index >= 15 is 9.13 Å². The van der Waals surface area contributed by atoms with E-state index in [4.69, 9.17) is 14.2 Å². The zero-order valence-corrected chi connectivity index (χ0v) is 33.0. The number of ether oxygens (including phenoxy) is 3. The molecule has 0 N–H and O–H groups in total. The van der Waals surface area contributed by atoms with Crippen LogP contribution < -0.4 is 46.0 Å². The van der Waals surface area contributed by atoms with E-state index in [1.165, 1.54) is 0 Å². The van der Waals surface area contributed by atoms with E-state index < -0.39 is 14.3 Å². The molecule has 0 saturated heterocycles. The highest BCUT2D eigenvalue weighted by Gasteiger charge is 2.40. The Balaban J connectivity index is 1.84. The average Bonchev–Trinajstić information content (AvgIpc) is 3.17. The molecule has 266 valence electrons. The van der Waals surface area contributed by atoms with Crippen LogP contribution in [0.2, 0.25) is 0 Å². The van der Waals surface area contributed by atoms with Crippen molar-refractivity contribution < 1.29 is 23.3 Å². The molecule has 0 saturated carbocycles. The van der Waals surface area contributed by atoms with E-state index in [9.17, 15) is 0 Å². The first-order valence-corrected chi connectivity index (χ1v) is 20.9. The monoisotopic (exact) mass is 728 g/mol. The molecule has 0 fully saturated rings. The molecule has 0 aliphatic carbocycles. The molecule has 0 unspecified atom stereocenters. The fourth-order valence-corrected chi connectivity index (χ4v) is 12.5. The molecule has 6 aromatic carbocycles. The molecule has 0 heterocycles. The fourth-order valence-electron chi connectivity index (χ4n) is 6.75. The molecule has 0 aliphatic heterocycles. The van der Waals surface area contributed by atoms with Gasteiger partial charge in [0.05, 0.1) is 21.3 Å². The zero-order valence-electron chi connectivity index (χ0n) is 31.2. The minimum atomic E-state index is -3.68. The Bertz CT molecular complexity index is 2040. The summed E-state index contributed by atoms with van der Waals surface area (Å²) in [7, 11) is -2.51. The second kappa shape index (κ2) is 15.0. The fraction of sp³-hybridized carbons (Fsp3) is 0.200. The maximum absolute atomic E-state index is 16.5. The van der Waals surface area contributed by atoms with Gasteiger partial charge in [-0.3, -0.25) is 0 Å². The van der Waals surface area contributed by atoms with E-state index in [-0.39, 0.29) is 0 Å². The van der Waals surface area contributed by atoms with E-state index in [1.807, 2.05) is 143 Å². The summed E-state index contributed by atoms with van der Waals surface area (Å²) in [6, 6.07) is 39.2. The van der Waals surface area contributed by atoms with Gasteiger partial charge in [-0.25, -0.2) is 0 Å². The van der Waals surface area contributed by atoms with Gasteiger partial charge < -0.3 is 23.3 Å². The van der Waals surface area contributed by atoms with Crippen molar-refractivity contribution in [1.82, 2.24) is 0 Å². The molecule has 5 nitrogen and oxygen atoms in total. The van der Waals surface area contributed by atoms with E-state index in [0.717, 1.165) is 27.8 Å². The van der Waals surface area contributed by atoms with E-state index in [1.54, 1.807) is 27.4 Å². The Kier molecular flexibility index (Phi) is 10.7. The van der Waals surface area contributed by atoms with Gasteiger partial charge in [-0.05, 0) is 57.9 Å². The lowest BCUT2D eigenvalue weighted by Gasteiger charge is -2.29. The molecule has 6 aromatic rings. The smallest absolute Gasteiger partial charge is 0.171 e. The van der Waals surface area contributed by atoms with Crippen LogP contribution in [0.1, 0.15) is 34.7 Å². The van der Waals surface area contributed by atoms with Crippen molar-refractivity contribution in [3.05, 3.63) is 149 Å². The van der Waals surface area contributed by atoms with Gasteiger partial charge in [0.2, 0.25) is 0 Å². The third kappa shape index (κ3) is 6.65. The standard InChI is InChI=1S/C45H46O5P2/c1-9-34-26-40(49-7)44(42(27-34)51(46,36-18-10-30(2)11-19-36)37-20-12-31(3)13-21-37)45-41(50-8)28-35(48-6)29-43(45)52(47,38-22-14-32(4)15-23-38)39-24-16-33(5)17-25-39/h10-29H,9H2,1-8H3. The van der Waals surface area contributed by atoms with Gasteiger partial charge in [0.25, 0.3) is 0 Å². The van der Waals surface area contributed by atoms with Crippen molar-refractivity contribution in [3.63, 3.8) is 0 Å². The molecule has 0 aromatic heterocycles. The van der Waals surface area contributed by atoms with Gasteiger partial charge in [-0.1, -0.05) is 126 Å². The van der Waals surface area contributed by atoms with Gasteiger partial charge in [-0.15, -0.1) is 0 Å². The first kappa shape index (κ1) is 37.0. The summed E-state index contributed by atoms with van der Waals surface area (Å²) in [4.78, 5) is 0. The van der Waals surface area contributed by atoms with Crippen LogP contribution in [0.25, 0.3) is 11.1 Å². The predicted molar refractivity (Wildman–Crippen MR) is 219 cm³/mol. The van der Waals surface area contributed by atoms with E-state index in [2.05, 4.69) is 6.92 Å². The SMILES string of the molecule is CCc1cc(OC)c(-c2c(OC)cc(OC)cc2P(=O)(c2ccc(C)cc2)c2ccc(C)cc2)c(P(=O)(c2ccc(C)cc2)c2ccc(C)cc2)c1. The Labute approximate surface area is 308 Å². The number of hydrogen-bond donors (Lipinski definition) is 0. The Morgan fingerprint density at radius 1 is 0.442 bits per heavy atom. The van der Waals surface area contributed by atoms with Crippen LogP contribution in [0.5, 0.6) is 17.2 Å². The quantitative estimate of drug-likeness (QED) is 0.125. The van der Waals surface area contributed by atoms with E-state index in [0.29, 0.717) is 66.6 Å². The van der Waals surface area contributed by atoms with Gasteiger partial charge >= 0.3 is 0 Å². The van der Waals surface area contributed by atoms with Gasteiger partial charge in [0, 0.05) is 49.0 Å². The van der Waals surface area contributed by atoms with Crippen molar-refractivity contribution in [2.75, 3.05) is 21.3 Å². The average molecular weight is 729 g/mol. The molecule has 0 bridgehead atoms. The normalized spacial score (nSPS) is 11.7. The highest BCUT2D eigenvalue weighted by Crippen LogP contribution is 2.54. The van der Waals surface area contributed by atoms with Crippen LogP contribution in [0.15, 0.2) is 121 Å². The summed E-state index contributed by atoms with van der Waals surface area (Å²) in [5.74, 6) is 1.43. The molecule has 6 rings (SSSR count). The maximum atomic E-state index is 16.5. The number of aryl methyl sites for hydroxylation is 5. The van der Waals surface area contributed by atoms with Crippen LogP contribution in [0.3, 0.4) is 0 Å². The third-order valence-electron chi connectivity index (χ3n) is 9.80. The van der Waals surface area contributed by atoms with Gasteiger partial charge in [0.1, 0.15) is 17.2 Å². The van der Waals surface area contributed by atoms with Gasteiger partial charge in [0.15, 0.2) is 14.3 Å². The van der Waals surface area contributed by atoms with Crippen molar-refractivity contribution in [2.24, 2.45) is 0 Å². The molecular formula is C45H46O5P2. The lowest BCUT2D eigenvalue weighted by Crippen LogP contribution is -2.31. The van der Waals surface area contributed by atoms with Crippen molar-refractivity contribution in [1.29, 1.82) is 0 Å². The molecule has 52 heavy (non-hydrogen) atoms. The van der Waals surface area contributed by atoms with Crippen molar-refractivity contribution >= 4 is 46.1 Å². The Hall–Kier alpha value is -4.82. The molecule has 0 aliphatic rings. The summed E-state index contributed by atoms with van der Waals surface area (Å²) >= 11 is 0. The largest absolute Gasteiger partial charge is 0.497 e. The van der Waals surface area contributed by atoms with Crippen LogP contribution in [0.4, 0.5) is 0 Å². The second-order valence-electron chi connectivity index (χ2n) is 13.3. The van der Waals surface area contributed by atoms with Crippen molar-refractivity contribution in [3.8, 4) is 28.4 Å². The lowest BCUT2D eigenvalue weighted by molar-refractivity contribution is 0.395. The molecule has 7 heteroatoms. The Morgan fingerprint density at radius 2 is 0.769 bits per heavy atom. The second-order valence-corrected chi connectivity index (χ2v) is 18.8. The molecule has 0 radical (unpaired) electrons. The number of benzene rings is 6. The van der Waals surface area contributed by atoms with Crippen LogP contribution in [0, 0.1) is 27.7 Å². The first-order valence-electron chi connectivity index (χ1n) is 17.4. The third-order valence-corrected chi connectivity index (χ3v) is 16.0. The summed E-state index contributed by atoms with van der Waals surface area (Å²) in [6.07, 6.45) is 0.684. The number of methoxy groups -OCH3 is 3. The zero-order chi connectivity index (χ0) is 37.2. The highest BCUT2D eigenvalue weighted by molar-refractivity contribution is 7.86. The number of hydrogen-bond acceptors (Lipinski definition) is 5. The number of rotatable bonds is 11. The van der Waals surface area contributed by atoms with Crippen LogP contribution in [-0.4, -0.2) is 21.3 Å². The van der Waals surface area contributed by atoms with Crippen LogP contribution >= 0.6 is 14.3 Å². The highest BCUT2D eigenvalue weighted by atomic mass is 31.2. The predicted octanol–water partition coefficient (Wildman–Crippen LogP) is 8.45. The molecule has 0 atom stereocenters. The Morgan fingerprint density at radius 3 is 1.08 bits per heavy atom.